The molecule has 0 radical (unpaired) electrons. The number of furan rings is 1. The van der Waals surface area contributed by atoms with Crippen LogP contribution in [0.1, 0.15) is 16.1 Å². The van der Waals surface area contributed by atoms with Crippen LogP contribution in [0.25, 0.3) is 0 Å². The van der Waals surface area contributed by atoms with Crippen LogP contribution in [0.3, 0.4) is 0 Å². The van der Waals surface area contributed by atoms with Gasteiger partial charge < -0.3 is 28.8 Å². The molecule has 0 saturated heterocycles. The molecule has 0 bridgehead atoms. The molecule has 3 aromatic rings. The molecule has 1 N–H and O–H groups in total. The maximum absolute atomic E-state index is 12.5. The predicted octanol–water partition coefficient (Wildman–Crippen LogP) is 4.18. The lowest BCUT2D eigenvalue weighted by Gasteiger charge is -2.19. The first kappa shape index (κ1) is 23.6. The minimum atomic E-state index is -2.97. The molecule has 10 heteroatoms. The van der Waals surface area contributed by atoms with Crippen LogP contribution in [0.2, 0.25) is 0 Å². The zero-order chi connectivity index (χ0) is 23.8. The number of anilines is 1. The number of halogens is 2. The van der Waals surface area contributed by atoms with Crippen molar-refractivity contribution in [2.75, 3.05) is 26.1 Å². The molecule has 2 aromatic carbocycles. The van der Waals surface area contributed by atoms with Crippen LogP contribution < -0.4 is 19.5 Å². The third-order valence-corrected chi connectivity index (χ3v) is 4.49. The summed E-state index contributed by atoms with van der Waals surface area (Å²) in [7, 11) is 2.92. The smallest absolute Gasteiger partial charge is 0.387 e. The number of benzene rings is 2. The monoisotopic (exact) mass is 460 g/mol. The number of hydrogen-bond donors (Lipinski definition) is 1. The van der Waals surface area contributed by atoms with Gasteiger partial charge in [-0.3, -0.25) is 9.59 Å². The number of amides is 2. The summed E-state index contributed by atoms with van der Waals surface area (Å²) >= 11 is 0. The highest BCUT2D eigenvalue weighted by atomic mass is 19.3. The minimum absolute atomic E-state index is 0.0902. The third-order valence-electron chi connectivity index (χ3n) is 4.49. The Morgan fingerprint density at radius 1 is 1.09 bits per heavy atom. The molecule has 0 aliphatic carbocycles. The van der Waals surface area contributed by atoms with Crippen molar-refractivity contribution >= 4 is 17.5 Å². The number of likely N-dealkylation sites (N-methyl/N-ethyl adjacent to an activating group) is 1. The Balaban J connectivity index is 1.54. The van der Waals surface area contributed by atoms with Gasteiger partial charge in [-0.2, -0.15) is 8.78 Å². The molecular formula is C23H22F2N2O6. The molecule has 0 spiro atoms. The van der Waals surface area contributed by atoms with Crippen molar-refractivity contribution in [3.05, 3.63) is 72.2 Å². The van der Waals surface area contributed by atoms with Gasteiger partial charge in [-0.15, -0.1) is 0 Å². The summed E-state index contributed by atoms with van der Waals surface area (Å²) in [6.45, 7) is -3.01. The molecule has 33 heavy (non-hydrogen) atoms. The van der Waals surface area contributed by atoms with Crippen LogP contribution in [0.4, 0.5) is 14.5 Å². The maximum Gasteiger partial charge on any atom is 0.387 e. The van der Waals surface area contributed by atoms with Crippen molar-refractivity contribution in [3.63, 3.8) is 0 Å². The fourth-order valence-electron chi connectivity index (χ4n) is 2.89. The lowest BCUT2D eigenvalue weighted by atomic mass is 10.2. The first-order valence-electron chi connectivity index (χ1n) is 9.79. The van der Waals surface area contributed by atoms with Crippen LogP contribution in [-0.2, 0) is 11.3 Å². The van der Waals surface area contributed by atoms with Crippen LogP contribution in [0, 0.1) is 0 Å². The standard InChI is InChI=1S/C23H22F2N2O6/c1-27(13-15-8-9-18(33-23(24)25)20(11-15)30-2)21(28)14-32-17-6-3-5-16(12-17)26-22(29)19-7-4-10-31-19/h3-12,23H,13-14H2,1-2H3,(H,26,29). The molecular weight excluding hydrogens is 438 g/mol. The summed E-state index contributed by atoms with van der Waals surface area (Å²) in [6, 6.07) is 14.2. The highest BCUT2D eigenvalue weighted by Crippen LogP contribution is 2.29. The summed E-state index contributed by atoms with van der Waals surface area (Å²) in [5.41, 5.74) is 1.14. The number of nitrogens with one attached hydrogen (secondary N) is 1. The Morgan fingerprint density at radius 3 is 2.61 bits per heavy atom. The number of ether oxygens (including phenoxy) is 3. The van der Waals surface area contributed by atoms with Gasteiger partial charge in [0, 0.05) is 25.3 Å². The quantitative estimate of drug-likeness (QED) is 0.488. The van der Waals surface area contributed by atoms with Crippen LogP contribution in [0.5, 0.6) is 17.2 Å². The van der Waals surface area contributed by atoms with Crippen LogP contribution >= 0.6 is 0 Å². The van der Waals surface area contributed by atoms with E-state index in [1.165, 1.54) is 30.4 Å². The van der Waals surface area contributed by atoms with Crippen molar-refractivity contribution in [1.29, 1.82) is 0 Å². The number of carbonyl (C=O) groups is 2. The summed E-state index contributed by atoms with van der Waals surface area (Å²) < 4.78 is 45.0. The maximum atomic E-state index is 12.5. The molecule has 0 aliphatic rings. The van der Waals surface area contributed by atoms with E-state index in [0.29, 0.717) is 17.0 Å². The normalized spacial score (nSPS) is 10.6. The van der Waals surface area contributed by atoms with Crippen molar-refractivity contribution in [1.82, 2.24) is 4.90 Å². The predicted molar refractivity (Wildman–Crippen MR) is 115 cm³/mol. The molecule has 0 unspecified atom stereocenters. The molecule has 0 aliphatic heterocycles. The van der Waals surface area contributed by atoms with Crippen molar-refractivity contribution < 1.29 is 37.0 Å². The van der Waals surface area contributed by atoms with Crippen LogP contribution in [-0.4, -0.2) is 44.1 Å². The molecule has 8 nitrogen and oxygen atoms in total. The number of carbonyl (C=O) groups excluding carboxylic acids is 2. The minimum Gasteiger partial charge on any atom is -0.493 e. The lowest BCUT2D eigenvalue weighted by molar-refractivity contribution is -0.132. The van der Waals surface area contributed by atoms with E-state index in [4.69, 9.17) is 13.9 Å². The Bertz CT molecular complexity index is 1090. The second-order valence-corrected chi connectivity index (χ2v) is 6.86. The number of rotatable bonds is 10. The van der Waals surface area contributed by atoms with Crippen molar-refractivity contribution in [3.8, 4) is 17.2 Å². The van der Waals surface area contributed by atoms with Gasteiger partial charge in [0.2, 0.25) is 0 Å². The molecule has 0 fully saturated rings. The van der Waals surface area contributed by atoms with Gasteiger partial charge in [0.25, 0.3) is 11.8 Å². The molecule has 3 rings (SSSR count). The van der Waals surface area contributed by atoms with E-state index < -0.39 is 12.5 Å². The van der Waals surface area contributed by atoms with Gasteiger partial charge in [0.15, 0.2) is 23.9 Å². The summed E-state index contributed by atoms with van der Waals surface area (Å²) in [5, 5.41) is 2.68. The molecule has 1 aromatic heterocycles. The average molecular weight is 460 g/mol. The summed E-state index contributed by atoms with van der Waals surface area (Å²) in [4.78, 5) is 26.0. The number of alkyl halides is 2. The highest BCUT2D eigenvalue weighted by Gasteiger charge is 2.15. The van der Waals surface area contributed by atoms with Gasteiger partial charge in [-0.25, -0.2) is 0 Å². The zero-order valence-electron chi connectivity index (χ0n) is 17.9. The fraction of sp³-hybridized carbons (Fsp3) is 0.217. The Hall–Kier alpha value is -4.08. The molecule has 0 saturated carbocycles. The second kappa shape index (κ2) is 11.0. The number of methoxy groups -OCH3 is 1. The SMILES string of the molecule is COc1cc(CN(C)C(=O)COc2cccc(NC(=O)c3ccco3)c2)ccc1OC(F)F. The number of hydrogen-bond acceptors (Lipinski definition) is 6. The summed E-state index contributed by atoms with van der Waals surface area (Å²) in [5.74, 6) is -0.112. The van der Waals surface area contributed by atoms with E-state index in [-0.39, 0.29) is 36.3 Å². The topological polar surface area (TPSA) is 90.2 Å². The first-order chi connectivity index (χ1) is 15.9. The molecule has 2 amide bonds. The molecule has 0 atom stereocenters. The van der Waals surface area contributed by atoms with Crippen molar-refractivity contribution in [2.24, 2.45) is 0 Å². The van der Waals surface area contributed by atoms with E-state index >= 15 is 0 Å². The van der Waals surface area contributed by atoms with E-state index in [1.807, 2.05) is 0 Å². The molecule has 174 valence electrons. The van der Waals surface area contributed by atoms with E-state index in [1.54, 1.807) is 49.5 Å². The first-order valence-corrected chi connectivity index (χ1v) is 9.79. The van der Waals surface area contributed by atoms with Gasteiger partial charge >= 0.3 is 6.61 Å². The Kier molecular flexibility index (Phi) is 7.85. The van der Waals surface area contributed by atoms with Gasteiger partial charge in [0.1, 0.15) is 5.75 Å². The van der Waals surface area contributed by atoms with E-state index in [2.05, 4.69) is 10.1 Å². The second-order valence-electron chi connectivity index (χ2n) is 6.86. The summed E-state index contributed by atoms with van der Waals surface area (Å²) in [6.07, 6.45) is 1.40. The van der Waals surface area contributed by atoms with Gasteiger partial charge in [-0.05, 0) is 42.0 Å². The zero-order valence-corrected chi connectivity index (χ0v) is 17.9. The highest BCUT2D eigenvalue weighted by molar-refractivity contribution is 6.02. The largest absolute Gasteiger partial charge is 0.493 e. The Labute approximate surface area is 188 Å². The van der Waals surface area contributed by atoms with Gasteiger partial charge in [0.05, 0.1) is 13.4 Å². The Morgan fingerprint density at radius 2 is 1.91 bits per heavy atom. The van der Waals surface area contributed by atoms with Crippen LogP contribution in [0.15, 0.2) is 65.3 Å². The average Bonchev–Trinajstić information content (AvgIpc) is 3.33. The third kappa shape index (κ3) is 6.70. The van der Waals surface area contributed by atoms with Gasteiger partial charge in [-0.1, -0.05) is 12.1 Å². The number of nitrogens with zero attached hydrogens (tertiary/aromatic N) is 1. The fourth-order valence-corrected chi connectivity index (χ4v) is 2.89. The lowest BCUT2D eigenvalue weighted by Crippen LogP contribution is -2.31. The van der Waals surface area contributed by atoms with Crippen molar-refractivity contribution in [2.45, 2.75) is 13.2 Å². The van der Waals surface area contributed by atoms with E-state index in [9.17, 15) is 18.4 Å². The molecule has 1 heterocycles. The van der Waals surface area contributed by atoms with E-state index in [0.717, 1.165) is 0 Å².